The van der Waals surface area contributed by atoms with Gasteiger partial charge in [0.1, 0.15) is 0 Å². The molecule has 2 rings (SSSR count). The molecule has 0 heterocycles. The molecule has 0 aliphatic carbocycles. The largest absolute Gasteiger partial charge is 0.481 e. The molecule has 0 radical (unpaired) electrons. The third-order valence-electron chi connectivity index (χ3n) is 3.36. The number of benzene rings is 2. The molecule has 0 spiro atoms. The first kappa shape index (κ1) is 14.8. The van der Waals surface area contributed by atoms with Crippen molar-refractivity contribution in [2.45, 2.75) is 12.8 Å². The molecule has 4 nitrogen and oxygen atoms in total. The molecule has 1 unspecified atom stereocenters. The Kier molecular flexibility index (Phi) is 4.72. The Bertz CT molecular complexity index is 637. The molecule has 0 aliphatic heterocycles. The van der Waals surface area contributed by atoms with Crippen LogP contribution in [-0.4, -0.2) is 23.5 Å². The Hall–Kier alpha value is -2.62. The van der Waals surface area contributed by atoms with Gasteiger partial charge in [0.05, 0.1) is 5.92 Å². The summed E-state index contributed by atoms with van der Waals surface area (Å²) in [4.78, 5) is 23.4. The minimum Gasteiger partial charge on any atom is -0.481 e. The number of hydrogen-bond donors (Lipinski definition) is 2. The number of aliphatic carboxylic acids is 1. The fourth-order valence-corrected chi connectivity index (χ4v) is 2.19. The van der Waals surface area contributed by atoms with Crippen LogP contribution in [0.25, 0.3) is 0 Å². The van der Waals surface area contributed by atoms with E-state index in [-0.39, 0.29) is 12.5 Å². The van der Waals surface area contributed by atoms with Gasteiger partial charge in [-0.3, -0.25) is 9.59 Å². The van der Waals surface area contributed by atoms with Gasteiger partial charge in [-0.1, -0.05) is 42.5 Å². The van der Waals surface area contributed by atoms with Gasteiger partial charge < -0.3 is 10.4 Å². The first-order chi connectivity index (χ1) is 10.1. The van der Waals surface area contributed by atoms with Crippen LogP contribution in [0.4, 0.5) is 0 Å². The van der Waals surface area contributed by atoms with Crippen molar-refractivity contribution in [3.63, 3.8) is 0 Å². The van der Waals surface area contributed by atoms with Gasteiger partial charge in [-0.15, -0.1) is 0 Å². The zero-order valence-electron chi connectivity index (χ0n) is 11.7. The van der Waals surface area contributed by atoms with Gasteiger partial charge in [0.15, 0.2) is 0 Å². The van der Waals surface area contributed by atoms with Crippen LogP contribution in [0.5, 0.6) is 0 Å². The Morgan fingerprint density at radius 2 is 1.67 bits per heavy atom. The molecule has 0 fully saturated rings. The highest BCUT2D eigenvalue weighted by Gasteiger charge is 2.22. The van der Waals surface area contributed by atoms with Crippen molar-refractivity contribution in [1.82, 2.24) is 5.32 Å². The highest BCUT2D eigenvalue weighted by molar-refractivity contribution is 5.94. The lowest BCUT2D eigenvalue weighted by molar-refractivity contribution is -0.138. The van der Waals surface area contributed by atoms with Gasteiger partial charge in [0.25, 0.3) is 5.91 Å². The van der Waals surface area contributed by atoms with E-state index in [0.29, 0.717) is 5.56 Å². The summed E-state index contributed by atoms with van der Waals surface area (Å²) in [7, 11) is 0. The third kappa shape index (κ3) is 3.69. The number of hydrogen-bond acceptors (Lipinski definition) is 2. The van der Waals surface area contributed by atoms with Crippen LogP contribution >= 0.6 is 0 Å². The average molecular weight is 283 g/mol. The van der Waals surface area contributed by atoms with Crippen LogP contribution in [0.15, 0.2) is 54.6 Å². The fraction of sp³-hybridized carbons (Fsp3) is 0.176. The minimum absolute atomic E-state index is 0.0634. The molecular weight excluding hydrogens is 266 g/mol. The molecule has 21 heavy (non-hydrogen) atoms. The topological polar surface area (TPSA) is 66.4 Å². The normalized spacial score (nSPS) is 11.7. The second-order valence-corrected chi connectivity index (χ2v) is 4.82. The number of nitrogens with one attached hydrogen (secondary N) is 1. The molecule has 0 saturated heterocycles. The number of carbonyl (C=O) groups excluding carboxylic acids is 1. The predicted molar refractivity (Wildman–Crippen MR) is 80.3 cm³/mol. The zero-order valence-corrected chi connectivity index (χ0v) is 11.7. The lowest BCUT2D eigenvalue weighted by atomic mass is 9.95. The van der Waals surface area contributed by atoms with Crippen molar-refractivity contribution in [3.8, 4) is 0 Å². The highest BCUT2D eigenvalue weighted by Crippen LogP contribution is 2.19. The number of rotatable bonds is 5. The molecule has 2 N–H and O–H groups in total. The standard InChI is InChI=1S/C17H17NO3/c1-12-7-5-6-10-14(12)15(17(20)21)11-18-16(19)13-8-3-2-4-9-13/h2-10,15H,11H2,1H3,(H,18,19)(H,20,21). The lowest BCUT2D eigenvalue weighted by Gasteiger charge is -2.16. The van der Waals surface area contributed by atoms with E-state index in [0.717, 1.165) is 11.1 Å². The molecule has 0 bridgehead atoms. The summed E-state index contributed by atoms with van der Waals surface area (Å²) < 4.78 is 0. The van der Waals surface area contributed by atoms with Crippen LogP contribution in [0.3, 0.4) is 0 Å². The van der Waals surface area contributed by atoms with Crippen molar-refractivity contribution in [2.75, 3.05) is 6.54 Å². The van der Waals surface area contributed by atoms with Gasteiger partial charge in [-0.2, -0.15) is 0 Å². The molecule has 1 amide bonds. The maximum Gasteiger partial charge on any atom is 0.312 e. The Morgan fingerprint density at radius 1 is 1.05 bits per heavy atom. The summed E-state index contributed by atoms with van der Waals surface area (Å²) in [5, 5.41) is 12.1. The summed E-state index contributed by atoms with van der Waals surface area (Å²) in [5.41, 5.74) is 2.14. The molecule has 2 aromatic carbocycles. The first-order valence-electron chi connectivity index (χ1n) is 6.71. The van der Waals surface area contributed by atoms with Gasteiger partial charge in [0, 0.05) is 12.1 Å². The predicted octanol–water partition coefficient (Wildman–Crippen LogP) is 2.59. The van der Waals surface area contributed by atoms with Crippen molar-refractivity contribution in [2.24, 2.45) is 0 Å². The van der Waals surface area contributed by atoms with Gasteiger partial charge in [0.2, 0.25) is 0 Å². The van der Waals surface area contributed by atoms with Crippen LogP contribution in [0, 0.1) is 6.92 Å². The van der Waals surface area contributed by atoms with Crippen LogP contribution in [0.2, 0.25) is 0 Å². The van der Waals surface area contributed by atoms with E-state index in [9.17, 15) is 14.7 Å². The monoisotopic (exact) mass is 283 g/mol. The van der Waals surface area contributed by atoms with Crippen LogP contribution < -0.4 is 5.32 Å². The molecule has 108 valence electrons. The zero-order chi connectivity index (χ0) is 15.2. The third-order valence-corrected chi connectivity index (χ3v) is 3.36. The second-order valence-electron chi connectivity index (χ2n) is 4.82. The van der Waals surface area contributed by atoms with Gasteiger partial charge >= 0.3 is 5.97 Å². The molecule has 1 atom stereocenters. The van der Waals surface area contributed by atoms with Crippen LogP contribution in [0.1, 0.15) is 27.4 Å². The molecule has 0 saturated carbocycles. The Balaban J connectivity index is 2.10. The minimum atomic E-state index is -0.947. The molecule has 0 aliphatic rings. The summed E-state index contributed by atoms with van der Waals surface area (Å²) in [6.45, 7) is 1.93. The highest BCUT2D eigenvalue weighted by atomic mass is 16.4. The van der Waals surface area contributed by atoms with Gasteiger partial charge in [-0.05, 0) is 30.2 Å². The van der Waals surface area contributed by atoms with Crippen molar-refractivity contribution >= 4 is 11.9 Å². The molecule has 2 aromatic rings. The molecular formula is C17H17NO3. The van der Waals surface area contributed by atoms with E-state index in [1.807, 2.05) is 25.1 Å². The van der Waals surface area contributed by atoms with E-state index in [4.69, 9.17) is 0 Å². The van der Waals surface area contributed by atoms with E-state index < -0.39 is 11.9 Å². The lowest BCUT2D eigenvalue weighted by Crippen LogP contribution is -2.32. The quantitative estimate of drug-likeness (QED) is 0.886. The maximum atomic E-state index is 12.0. The van der Waals surface area contributed by atoms with Crippen molar-refractivity contribution < 1.29 is 14.7 Å². The average Bonchev–Trinajstić information content (AvgIpc) is 2.49. The van der Waals surface area contributed by atoms with E-state index in [2.05, 4.69) is 5.32 Å². The van der Waals surface area contributed by atoms with Crippen LogP contribution in [-0.2, 0) is 4.79 Å². The van der Waals surface area contributed by atoms with E-state index in [1.54, 1.807) is 36.4 Å². The summed E-state index contributed by atoms with van der Waals surface area (Å²) in [6.07, 6.45) is 0. The van der Waals surface area contributed by atoms with Crippen molar-refractivity contribution in [1.29, 1.82) is 0 Å². The Morgan fingerprint density at radius 3 is 2.29 bits per heavy atom. The second kappa shape index (κ2) is 6.70. The summed E-state index contributed by atoms with van der Waals surface area (Å²) in [5.74, 6) is -1.97. The number of carbonyl (C=O) groups is 2. The van der Waals surface area contributed by atoms with E-state index in [1.165, 1.54) is 0 Å². The maximum absolute atomic E-state index is 12.0. The first-order valence-corrected chi connectivity index (χ1v) is 6.71. The van der Waals surface area contributed by atoms with Crippen molar-refractivity contribution in [3.05, 3.63) is 71.3 Å². The molecule has 4 heteroatoms. The smallest absolute Gasteiger partial charge is 0.312 e. The number of amides is 1. The van der Waals surface area contributed by atoms with Gasteiger partial charge in [-0.25, -0.2) is 0 Å². The summed E-state index contributed by atoms with van der Waals surface area (Å²) in [6, 6.07) is 16.1. The number of carboxylic acids is 1. The Labute approximate surface area is 123 Å². The number of carboxylic acid groups (broad SMARTS) is 1. The SMILES string of the molecule is Cc1ccccc1C(CNC(=O)c1ccccc1)C(=O)O. The number of aryl methyl sites for hydroxylation is 1. The van der Waals surface area contributed by atoms with E-state index >= 15 is 0 Å². The summed E-state index contributed by atoms with van der Waals surface area (Å²) >= 11 is 0. The fourth-order valence-electron chi connectivity index (χ4n) is 2.19. The molecule has 0 aromatic heterocycles.